The number of hydrogen-bond acceptors (Lipinski definition) is 3. The van der Waals surface area contributed by atoms with Crippen LogP contribution in [-0.2, 0) is 4.79 Å². The summed E-state index contributed by atoms with van der Waals surface area (Å²) in [5.74, 6) is -0.329. The Balaban J connectivity index is 1.70. The molecular formula is C17H15FN2O2. The van der Waals surface area contributed by atoms with Gasteiger partial charge in [0, 0.05) is 6.21 Å². The third kappa shape index (κ3) is 5.58. The molecule has 0 saturated heterocycles. The van der Waals surface area contributed by atoms with Gasteiger partial charge in [0.15, 0.2) is 6.61 Å². The molecule has 1 N–H and O–H groups in total. The van der Waals surface area contributed by atoms with Crippen molar-refractivity contribution in [3.63, 3.8) is 0 Å². The van der Waals surface area contributed by atoms with Crippen molar-refractivity contribution in [2.24, 2.45) is 5.10 Å². The van der Waals surface area contributed by atoms with Crippen molar-refractivity contribution in [2.45, 2.75) is 0 Å². The van der Waals surface area contributed by atoms with Gasteiger partial charge in [-0.2, -0.15) is 5.10 Å². The van der Waals surface area contributed by atoms with Gasteiger partial charge in [0.1, 0.15) is 11.6 Å². The Bertz CT molecular complexity index is 652. The lowest BCUT2D eigenvalue weighted by molar-refractivity contribution is -0.123. The second kappa shape index (κ2) is 8.36. The Morgan fingerprint density at radius 3 is 2.59 bits per heavy atom. The molecule has 0 aliphatic heterocycles. The zero-order chi connectivity index (χ0) is 15.6. The van der Waals surface area contributed by atoms with Crippen LogP contribution in [0.1, 0.15) is 5.56 Å². The number of allylic oxidation sites excluding steroid dienone is 1. The molecule has 5 heteroatoms. The van der Waals surface area contributed by atoms with Crippen LogP contribution in [0.25, 0.3) is 6.08 Å². The molecular weight excluding hydrogens is 283 g/mol. The number of nitrogens with zero attached hydrogens (tertiary/aromatic N) is 1. The van der Waals surface area contributed by atoms with Crippen molar-refractivity contribution in [2.75, 3.05) is 6.61 Å². The maximum Gasteiger partial charge on any atom is 0.277 e. The Morgan fingerprint density at radius 1 is 1.14 bits per heavy atom. The van der Waals surface area contributed by atoms with Gasteiger partial charge in [0.25, 0.3) is 5.91 Å². The second-order valence-corrected chi connectivity index (χ2v) is 4.33. The van der Waals surface area contributed by atoms with Crippen LogP contribution in [0.2, 0.25) is 0 Å². The second-order valence-electron chi connectivity index (χ2n) is 4.33. The highest BCUT2D eigenvalue weighted by atomic mass is 19.1. The number of ether oxygens (including phenoxy) is 1. The van der Waals surface area contributed by atoms with Gasteiger partial charge in [-0.3, -0.25) is 4.79 Å². The van der Waals surface area contributed by atoms with E-state index < -0.39 is 5.91 Å². The summed E-state index contributed by atoms with van der Waals surface area (Å²) in [5, 5.41) is 3.76. The van der Waals surface area contributed by atoms with Crippen molar-refractivity contribution in [1.29, 1.82) is 0 Å². The molecule has 0 spiro atoms. The lowest BCUT2D eigenvalue weighted by Gasteiger charge is -2.04. The maximum absolute atomic E-state index is 12.7. The van der Waals surface area contributed by atoms with E-state index in [-0.39, 0.29) is 12.4 Å². The highest BCUT2D eigenvalue weighted by Crippen LogP contribution is 2.10. The average molecular weight is 298 g/mol. The maximum atomic E-state index is 12.7. The lowest BCUT2D eigenvalue weighted by atomic mass is 10.2. The van der Waals surface area contributed by atoms with Crippen molar-refractivity contribution in [3.05, 3.63) is 72.1 Å². The Labute approximate surface area is 127 Å². The summed E-state index contributed by atoms with van der Waals surface area (Å²) in [6.45, 7) is -0.189. The van der Waals surface area contributed by atoms with Crippen molar-refractivity contribution in [1.82, 2.24) is 5.43 Å². The number of nitrogens with one attached hydrogen (secondary N) is 1. The third-order valence-corrected chi connectivity index (χ3v) is 2.62. The van der Waals surface area contributed by atoms with E-state index in [0.29, 0.717) is 5.75 Å². The van der Waals surface area contributed by atoms with Crippen LogP contribution in [0.4, 0.5) is 4.39 Å². The van der Waals surface area contributed by atoms with Gasteiger partial charge in [0.05, 0.1) is 0 Å². The van der Waals surface area contributed by atoms with E-state index in [2.05, 4.69) is 10.5 Å². The summed E-state index contributed by atoms with van der Waals surface area (Å²) in [5.41, 5.74) is 3.37. The fraction of sp³-hybridized carbons (Fsp3) is 0.0588. The Morgan fingerprint density at radius 2 is 1.86 bits per heavy atom. The van der Waals surface area contributed by atoms with Gasteiger partial charge >= 0.3 is 0 Å². The first kappa shape index (κ1) is 15.4. The summed E-state index contributed by atoms with van der Waals surface area (Å²) in [6, 6.07) is 15.2. The number of rotatable bonds is 6. The smallest absolute Gasteiger partial charge is 0.277 e. The molecule has 0 fully saturated rings. The van der Waals surface area contributed by atoms with Gasteiger partial charge in [-0.25, -0.2) is 9.82 Å². The van der Waals surface area contributed by atoms with Gasteiger partial charge in [0.2, 0.25) is 0 Å². The molecule has 0 radical (unpaired) electrons. The fourth-order valence-corrected chi connectivity index (χ4v) is 1.58. The van der Waals surface area contributed by atoms with E-state index in [1.165, 1.54) is 30.5 Å². The molecule has 2 rings (SSSR count). The predicted octanol–water partition coefficient (Wildman–Crippen LogP) is 3.02. The molecule has 22 heavy (non-hydrogen) atoms. The topological polar surface area (TPSA) is 50.7 Å². The molecule has 0 aromatic heterocycles. The van der Waals surface area contributed by atoms with Crippen LogP contribution >= 0.6 is 0 Å². The number of carbonyl (C=O) groups is 1. The summed E-state index contributed by atoms with van der Waals surface area (Å²) in [7, 11) is 0. The normalized spacial score (nSPS) is 11.0. The summed E-state index contributed by atoms with van der Waals surface area (Å²) in [4.78, 5) is 11.5. The summed E-state index contributed by atoms with van der Waals surface area (Å²) < 4.78 is 17.9. The molecule has 0 bridgehead atoms. The number of amides is 1. The van der Waals surface area contributed by atoms with Crippen molar-refractivity contribution >= 4 is 18.2 Å². The van der Waals surface area contributed by atoms with Crippen LogP contribution in [0, 0.1) is 5.82 Å². The molecule has 0 saturated carbocycles. The number of hydrazone groups is 1. The van der Waals surface area contributed by atoms with Crippen molar-refractivity contribution < 1.29 is 13.9 Å². The van der Waals surface area contributed by atoms with Gasteiger partial charge in [-0.05, 0) is 35.9 Å². The monoisotopic (exact) mass is 298 g/mol. The van der Waals surface area contributed by atoms with E-state index in [1.807, 2.05) is 36.4 Å². The van der Waals surface area contributed by atoms with Crippen LogP contribution < -0.4 is 10.2 Å². The van der Waals surface area contributed by atoms with E-state index >= 15 is 0 Å². The Hall–Kier alpha value is -2.95. The zero-order valence-electron chi connectivity index (χ0n) is 11.8. The van der Waals surface area contributed by atoms with Crippen molar-refractivity contribution in [3.8, 4) is 5.75 Å². The fourth-order valence-electron chi connectivity index (χ4n) is 1.58. The minimum atomic E-state index is -0.395. The third-order valence-electron chi connectivity index (χ3n) is 2.62. The molecule has 2 aromatic rings. The van der Waals surface area contributed by atoms with Crippen LogP contribution in [0.3, 0.4) is 0 Å². The van der Waals surface area contributed by atoms with E-state index in [4.69, 9.17) is 4.74 Å². The van der Waals surface area contributed by atoms with Gasteiger partial charge in [-0.1, -0.05) is 36.4 Å². The van der Waals surface area contributed by atoms with Gasteiger partial charge in [-0.15, -0.1) is 0 Å². The number of benzene rings is 2. The van der Waals surface area contributed by atoms with E-state index in [1.54, 1.807) is 6.08 Å². The van der Waals surface area contributed by atoms with Crippen LogP contribution in [0.5, 0.6) is 5.75 Å². The number of hydrogen-bond donors (Lipinski definition) is 1. The molecule has 0 aliphatic carbocycles. The molecule has 1 amide bonds. The largest absolute Gasteiger partial charge is 0.484 e. The molecule has 0 aliphatic rings. The molecule has 2 aromatic carbocycles. The molecule has 0 heterocycles. The summed E-state index contributed by atoms with van der Waals surface area (Å²) in [6.07, 6.45) is 5.06. The Kier molecular flexibility index (Phi) is 5.87. The SMILES string of the molecule is O=C(COc1ccc(F)cc1)NN=CC=Cc1ccccc1. The quantitative estimate of drug-likeness (QED) is 0.658. The molecule has 0 unspecified atom stereocenters. The predicted molar refractivity (Wildman–Crippen MR) is 84.0 cm³/mol. The summed E-state index contributed by atoms with van der Waals surface area (Å²) >= 11 is 0. The zero-order valence-corrected chi connectivity index (χ0v) is 11.8. The van der Waals surface area contributed by atoms with Crippen LogP contribution in [-0.4, -0.2) is 18.7 Å². The first-order valence-electron chi connectivity index (χ1n) is 6.66. The lowest BCUT2D eigenvalue weighted by Crippen LogP contribution is -2.24. The highest BCUT2D eigenvalue weighted by Gasteiger charge is 2.00. The first-order valence-corrected chi connectivity index (χ1v) is 6.66. The minimum Gasteiger partial charge on any atom is -0.484 e. The highest BCUT2D eigenvalue weighted by molar-refractivity contribution is 5.81. The number of halogens is 1. The van der Waals surface area contributed by atoms with E-state index in [9.17, 15) is 9.18 Å². The first-order chi connectivity index (χ1) is 10.7. The van der Waals surface area contributed by atoms with E-state index in [0.717, 1.165) is 5.56 Å². The molecule has 112 valence electrons. The molecule has 0 atom stereocenters. The van der Waals surface area contributed by atoms with Crippen LogP contribution in [0.15, 0.2) is 65.8 Å². The molecule has 4 nitrogen and oxygen atoms in total. The average Bonchev–Trinajstić information content (AvgIpc) is 2.55. The van der Waals surface area contributed by atoms with Gasteiger partial charge < -0.3 is 4.74 Å². The number of carbonyl (C=O) groups excluding carboxylic acids is 1. The minimum absolute atomic E-state index is 0.189. The standard InChI is InChI=1S/C17H15FN2O2/c18-15-8-10-16(11-9-15)22-13-17(21)20-19-12-4-7-14-5-2-1-3-6-14/h1-12H,13H2,(H,20,21).